The molecule has 0 bridgehead atoms. The number of hydrogen-bond acceptors (Lipinski definition) is 3. The first kappa shape index (κ1) is 10.7. The first-order valence-electron chi connectivity index (χ1n) is 4.73. The Hall–Kier alpha value is -1.34. The van der Waals surface area contributed by atoms with Crippen LogP contribution in [0.1, 0.15) is 26.2 Å². The van der Waals surface area contributed by atoms with Crippen LogP contribution in [0.5, 0.6) is 0 Å². The van der Waals surface area contributed by atoms with Gasteiger partial charge in [0.05, 0.1) is 12.1 Å². The second kappa shape index (κ2) is 4.77. The molecule has 2 N–H and O–H groups in total. The fourth-order valence-electron chi connectivity index (χ4n) is 1.38. The number of amides is 2. The average Bonchev–Trinajstić information content (AvgIpc) is 2.17. The number of rotatable bonds is 3. The van der Waals surface area contributed by atoms with E-state index in [2.05, 4.69) is 16.6 Å². The third-order valence-corrected chi connectivity index (χ3v) is 2.25. The van der Waals surface area contributed by atoms with E-state index in [4.69, 9.17) is 6.42 Å². The number of imide groups is 1. The molecule has 14 heavy (non-hydrogen) atoms. The highest BCUT2D eigenvalue weighted by atomic mass is 16.2. The second-order valence-electron chi connectivity index (χ2n) is 3.30. The minimum Gasteiger partial charge on any atom is -0.295 e. The summed E-state index contributed by atoms with van der Waals surface area (Å²) in [6.07, 6.45) is 6.94. The Labute approximate surface area is 83.4 Å². The molecule has 1 aliphatic rings. The molecule has 1 rings (SSSR count). The molecule has 4 nitrogen and oxygen atoms in total. The Kier molecular flexibility index (Phi) is 3.66. The van der Waals surface area contributed by atoms with Crippen molar-refractivity contribution in [3.8, 4) is 12.3 Å². The van der Waals surface area contributed by atoms with Gasteiger partial charge >= 0.3 is 0 Å². The van der Waals surface area contributed by atoms with Gasteiger partial charge in [0, 0.05) is 6.42 Å². The fourth-order valence-corrected chi connectivity index (χ4v) is 1.38. The van der Waals surface area contributed by atoms with Crippen LogP contribution in [0.4, 0.5) is 0 Å². The van der Waals surface area contributed by atoms with Crippen molar-refractivity contribution >= 4 is 11.8 Å². The molecule has 0 radical (unpaired) electrons. The van der Waals surface area contributed by atoms with E-state index in [0.717, 1.165) is 6.42 Å². The molecule has 0 aliphatic carbocycles. The molecule has 1 saturated heterocycles. The SMILES string of the molecule is C#CC(CC)NC1CCC(=O)NC1=O. The van der Waals surface area contributed by atoms with Crippen molar-refractivity contribution in [3.63, 3.8) is 0 Å². The van der Waals surface area contributed by atoms with E-state index in [-0.39, 0.29) is 23.9 Å². The first-order chi connectivity index (χ1) is 6.67. The van der Waals surface area contributed by atoms with Crippen molar-refractivity contribution in [3.05, 3.63) is 0 Å². The van der Waals surface area contributed by atoms with Gasteiger partial charge in [-0.05, 0) is 12.8 Å². The molecule has 0 aromatic carbocycles. The fraction of sp³-hybridized carbons (Fsp3) is 0.600. The lowest BCUT2D eigenvalue weighted by Crippen LogP contribution is -2.53. The summed E-state index contributed by atoms with van der Waals surface area (Å²) < 4.78 is 0. The number of carbonyl (C=O) groups is 2. The predicted octanol–water partition coefficient (Wildman–Crippen LogP) is -0.207. The van der Waals surface area contributed by atoms with Crippen LogP contribution in [0.15, 0.2) is 0 Å². The number of piperidine rings is 1. The van der Waals surface area contributed by atoms with Crippen LogP contribution < -0.4 is 10.6 Å². The largest absolute Gasteiger partial charge is 0.295 e. The summed E-state index contributed by atoms with van der Waals surface area (Å²) in [5.74, 6) is 2.08. The van der Waals surface area contributed by atoms with Crippen LogP contribution in [0, 0.1) is 12.3 Å². The summed E-state index contributed by atoms with van der Waals surface area (Å²) in [4.78, 5) is 22.2. The van der Waals surface area contributed by atoms with E-state index in [9.17, 15) is 9.59 Å². The molecule has 0 spiro atoms. The van der Waals surface area contributed by atoms with Crippen LogP contribution in [0.2, 0.25) is 0 Å². The molecule has 2 atom stereocenters. The topological polar surface area (TPSA) is 58.2 Å². The lowest BCUT2D eigenvalue weighted by atomic mass is 10.0. The van der Waals surface area contributed by atoms with Gasteiger partial charge in [0.2, 0.25) is 11.8 Å². The molecule has 4 heteroatoms. The maximum Gasteiger partial charge on any atom is 0.243 e. The summed E-state index contributed by atoms with van der Waals surface area (Å²) in [6, 6.07) is -0.423. The quantitative estimate of drug-likeness (QED) is 0.483. The minimum atomic E-state index is -0.325. The smallest absolute Gasteiger partial charge is 0.243 e. The Balaban J connectivity index is 2.49. The lowest BCUT2D eigenvalue weighted by molar-refractivity contribution is -0.134. The van der Waals surface area contributed by atoms with Crippen LogP contribution in [-0.2, 0) is 9.59 Å². The zero-order valence-electron chi connectivity index (χ0n) is 8.17. The Bertz CT molecular complexity index is 280. The zero-order chi connectivity index (χ0) is 10.6. The standard InChI is InChI=1S/C10H14N2O2/c1-3-7(4-2)11-8-5-6-9(13)12-10(8)14/h1,7-8,11H,4-6H2,2H3,(H,12,13,14). The summed E-state index contributed by atoms with van der Waals surface area (Å²) in [7, 11) is 0. The van der Waals surface area contributed by atoms with Crippen molar-refractivity contribution in [1.29, 1.82) is 0 Å². The van der Waals surface area contributed by atoms with Crippen molar-refractivity contribution in [2.45, 2.75) is 38.3 Å². The third-order valence-electron chi connectivity index (χ3n) is 2.25. The number of terminal acetylenes is 1. The first-order valence-corrected chi connectivity index (χ1v) is 4.73. The molecule has 1 heterocycles. The zero-order valence-corrected chi connectivity index (χ0v) is 8.17. The maximum atomic E-state index is 11.3. The molecular formula is C10H14N2O2. The van der Waals surface area contributed by atoms with E-state index >= 15 is 0 Å². The van der Waals surface area contributed by atoms with E-state index < -0.39 is 0 Å². The van der Waals surface area contributed by atoms with E-state index in [1.807, 2.05) is 6.92 Å². The number of hydrogen-bond donors (Lipinski definition) is 2. The molecule has 0 aromatic rings. The van der Waals surface area contributed by atoms with Gasteiger partial charge < -0.3 is 0 Å². The molecule has 1 aliphatic heterocycles. The summed E-state index contributed by atoms with van der Waals surface area (Å²) in [5.41, 5.74) is 0. The molecule has 0 saturated carbocycles. The molecule has 2 amide bonds. The maximum absolute atomic E-state index is 11.3. The average molecular weight is 194 g/mol. The molecule has 2 unspecified atom stereocenters. The normalized spacial score (nSPS) is 23.9. The van der Waals surface area contributed by atoms with E-state index in [1.165, 1.54) is 0 Å². The lowest BCUT2D eigenvalue weighted by Gasteiger charge is -2.24. The molecule has 76 valence electrons. The van der Waals surface area contributed by atoms with Gasteiger partial charge in [-0.15, -0.1) is 6.42 Å². The Morgan fingerprint density at radius 1 is 1.71 bits per heavy atom. The van der Waals surface area contributed by atoms with E-state index in [0.29, 0.717) is 12.8 Å². The molecule has 0 aromatic heterocycles. The van der Waals surface area contributed by atoms with Crippen molar-refractivity contribution in [2.75, 3.05) is 0 Å². The summed E-state index contributed by atoms with van der Waals surface area (Å²) in [5, 5.41) is 5.30. The van der Waals surface area contributed by atoms with Gasteiger partial charge in [0.15, 0.2) is 0 Å². The van der Waals surface area contributed by atoms with Crippen LogP contribution in [0.3, 0.4) is 0 Å². The van der Waals surface area contributed by atoms with Gasteiger partial charge in [-0.2, -0.15) is 0 Å². The van der Waals surface area contributed by atoms with Crippen molar-refractivity contribution < 1.29 is 9.59 Å². The predicted molar refractivity (Wildman–Crippen MR) is 52.2 cm³/mol. The molecular weight excluding hydrogens is 180 g/mol. The summed E-state index contributed by atoms with van der Waals surface area (Å²) >= 11 is 0. The molecule has 1 fully saturated rings. The van der Waals surface area contributed by atoms with Gasteiger partial charge in [0.1, 0.15) is 0 Å². The second-order valence-corrected chi connectivity index (χ2v) is 3.30. The van der Waals surface area contributed by atoms with Gasteiger partial charge in [-0.25, -0.2) is 0 Å². The highest BCUT2D eigenvalue weighted by molar-refractivity contribution is 6.00. The van der Waals surface area contributed by atoms with Crippen LogP contribution in [-0.4, -0.2) is 23.9 Å². The van der Waals surface area contributed by atoms with Gasteiger partial charge in [0.25, 0.3) is 0 Å². The van der Waals surface area contributed by atoms with Crippen molar-refractivity contribution in [2.24, 2.45) is 0 Å². The van der Waals surface area contributed by atoms with Gasteiger partial charge in [-0.3, -0.25) is 20.2 Å². The Morgan fingerprint density at radius 3 is 2.93 bits per heavy atom. The van der Waals surface area contributed by atoms with Gasteiger partial charge in [-0.1, -0.05) is 12.8 Å². The van der Waals surface area contributed by atoms with Crippen LogP contribution in [0.25, 0.3) is 0 Å². The highest BCUT2D eigenvalue weighted by Crippen LogP contribution is 2.05. The number of nitrogens with one attached hydrogen (secondary N) is 2. The minimum absolute atomic E-state index is 0.0982. The third kappa shape index (κ3) is 2.57. The van der Waals surface area contributed by atoms with Crippen LogP contribution >= 0.6 is 0 Å². The monoisotopic (exact) mass is 194 g/mol. The number of carbonyl (C=O) groups excluding carboxylic acids is 2. The van der Waals surface area contributed by atoms with Crippen molar-refractivity contribution in [1.82, 2.24) is 10.6 Å². The van der Waals surface area contributed by atoms with E-state index in [1.54, 1.807) is 0 Å². The highest BCUT2D eigenvalue weighted by Gasteiger charge is 2.27. The Morgan fingerprint density at radius 2 is 2.43 bits per heavy atom. The summed E-state index contributed by atoms with van der Waals surface area (Å²) in [6.45, 7) is 1.95.